The van der Waals surface area contributed by atoms with Crippen LogP contribution in [-0.4, -0.2) is 26.2 Å². The third kappa shape index (κ3) is 7.21. The van der Waals surface area contributed by atoms with Crippen LogP contribution in [0.15, 0.2) is 4.40 Å². The Morgan fingerprint density at radius 1 is 1.19 bits per heavy atom. The van der Waals surface area contributed by atoms with Crippen molar-refractivity contribution in [2.45, 2.75) is 84.0 Å². The Bertz CT molecular complexity index is 420. The first-order chi connectivity index (χ1) is 9.47. The van der Waals surface area contributed by atoms with Gasteiger partial charge in [-0.3, -0.25) is 4.79 Å². The van der Waals surface area contributed by atoms with E-state index in [1.165, 1.54) is 0 Å². The van der Waals surface area contributed by atoms with Crippen molar-refractivity contribution in [2.24, 2.45) is 10.3 Å². The van der Waals surface area contributed by atoms with Gasteiger partial charge in [-0.2, -0.15) is 4.40 Å². The summed E-state index contributed by atoms with van der Waals surface area (Å²) in [5.74, 6) is 0.244. The molecule has 21 heavy (non-hydrogen) atoms. The van der Waals surface area contributed by atoms with E-state index in [0.29, 0.717) is 12.3 Å². The predicted molar refractivity (Wildman–Crippen MR) is 87.8 cm³/mol. The standard InChI is InChI=1S/C16H29NO3S/c1-15(2,3)20-14(18)11-12-7-9-13(10-8-12)17-21(19)16(4,5)6/h12H,7-11H2,1-6H3. The molecule has 0 aromatic heterocycles. The lowest BCUT2D eigenvalue weighted by molar-refractivity contribution is -0.156. The SMILES string of the molecule is CC(C)(C)OC(=O)CC1CCC(=NS(=O)C(C)(C)C)CC1. The molecular formula is C16H29NO3S. The number of esters is 1. The molecular weight excluding hydrogens is 286 g/mol. The minimum atomic E-state index is -1.17. The smallest absolute Gasteiger partial charge is 0.306 e. The second-order valence-corrected chi connectivity index (χ2v) is 9.66. The van der Waals surface area contributed by atoms with Crippen molar-refractivity contribution in [3.63, 3.8) is 0 Å². The lowest BCUT2D eigenvalue weighted by Gasteiger charge is -2.25. The fourth-order valence-electron chi connectivity index (χ4n) is 2.18. The van der Waals surface area contributed by atoms with Gasteiger partial charge in [0, 0.05) is 12.1 Å². The summed E-state index contributed by atoms with van der Waals surface area (Å²) in [4.78, 5) is 11.8. The maximum Gasteiger partial charge on any atom is 0.306 e. The highest BCUT2D eigenvalue weighted by Gasteiger charge is 2.25. The van der Waals surface area contributed by atoms with Crippen LogP contribution in [-0.2, 0) is 20.5 Å². The maximum absolute atomic E-state index is 12.0. The molecule has 0 saturated heterocycles. The molecule has 1 aliphatic rings. The first kappa shape index (κ1) is 18.3. The number of carbonyl (C=O) groups excluding carboxylic acids is 1. The average Bonchev–Trinajstić information content (AvgIpc) is 2.27. The predicted octanol–water partition coefficient (Wildman–Crippen LogP) is 3.81. The molecule has 0 aliphatic heterocycles. The van der Waals surface area contributed by atoms with Gasteiger partial charge in [-0.15, -0.1) is 0 Å². The van der Waals surface area contributed by atoms with E-state index in [9.17, 15) is 9.00 Å². The van der Waals surface area contributed by atoms with Gasteiger partial charge in [0.2, 0.25) is 0 Å². The molecule has 122 valence electrons. The Balaban J connectivity index is 2.44. The highest BCUT2D eigenvalue weighted by atomic mass is 32.2. The second kappa shape index (κ2) is 7.03. The molecule has 0 bridgehead atoms. The largest absolute Gasteiger partial charge is 0.460 e. The minimum Gasteiger partial charge on any atom is -0.460 e. The van der Waals surface area contributed by atoms with Crippen LogP contribution < -0.4 is 0 Å². The van der Waals surface area contributed by atoms with E-state index >= 15 is 0 Å². The summed E-state index contributed by atoms with van der Waals surface area (Å²) >= 11 is 0. The Kier molecular flexibility index (Phi) is 6.14. The minimum absolute atomic E-state index is 0.119. The molecule has 1 rings (SSSR count). The summed E-state index contributed by atoms with van der Waals surface area (Å²) in [6, 6.07) is 0. The first-order valence-electron chi connectivity index (χ1n) is 7.67. The highest BCUT2D eigenvalue weighted by molar-refractivity contribution is 7.85. The molecule has 1 saturated carbocycles. The Morgan fingerprint density at radius 2 is 1.71 bits per heavy atom. The normalized spacial score (nSPS) is 21.8. The van der Waals surface area contributed by atoms with E-state index in [0.717, 1.165) is 31.4 Å². The van der Waals surface area contributed by atoms with Crippen LogP contribution in [0.2, 0.25) is 0 Å². The van der Waals surface area contributed by atoms with E-state index in [2.05, 4.69) is 4.40 Å². The molecule has 0 amide bonds. The molecule has 0 spiro atoms. The summed E-state index contributed by atoms with van der Waals surface area (Å²) in [6.07, 6.45) is 4.02. The van der Waals surface area contributed by atoms with E-state index in [-0.39, 0.29) is 10.7 Å². The lowest BCUT2D eigenvalue weighted by atomic mass is 9.86. The fourth-order valence-corrected chi connectivity index (χ4v) is 2.87. The highest BCUT2D eigenvalue weighted by Crippen LogP contribution is 2.27. The Hall–Kier alpha value is -0.710. The quantitative estimate of drug-likeness (QED) is 0.744. The van der Waals surface area contributed by atoms with Gasteiger partial charge in [-0.25, -0.2) is 4.21 Å². The summed E-state index contributed by atoms with van der Waals surface area (Å²) in [5.41, 5.74) is 0.616. The van der Waals surface area contributed by atoms with Crippen LogP contribution in [0.5, 0.6) is 0 Å². The topological polar surface area (TPSA) is 55.7 Å². The fraction of sp³-hybridized carbons (Fsp3) is 0.875. The molecule has 5 heteroatoms. The van der Waals surface area contributed by atoms with Crippen LogP contribution in [0.25, 0.3) is 0 Å². The van der Waals surface area contributed by atoms with Crippen molar-refractivity contribution < 1.29 is 13.7 Å². The van der Waals surface area contributed by atoms with Gasteiger partial charge >= 0.3 is 5.97 Å². The van der Waals surface area contributed by atoms with Crippen molar-refractivity contribution in [2.75, 3.05) is 0 Å². The van der Waals surface area contributed by atoms with Crippen molar-refractivity contribution in [1.82, 2.24) is 0 Å². The average molecular weight is 315 g/mol. The molecule has 0 heterocycles. The van der Waals surface area contributed by atoms with Gasteiger partial charge in [-0.1, -0.05) is 0 Å². The summed E-state index contributed by atoms with van der Waals surface area (Å²) in [5, 5.41) is 0. The van der Waals surface area contributed by atoms with Crippen LogP contribution in [0, 0.1) is 5.92 Å². The molecule has 1 aliphatic carbocycles. The monoisotopic (exact) mass is 315 g/mol. The summed E-state index contributed by atoms with van der Waals surface area (Å²) in [7, 11) is -1.17. The van der Waals surface area contributed by atoms with E-state index in [4.69, 9.17) is 4.74 Å². The third-order valence-corrected chi connectivity index (χ3v) is 4.77. The molecule has 0 radical (unpaired) electrons. The molecule has 1 fully saturated rings. The number of ether oxygens (including phenoxy) is 1. The van der Waals surface area contributed by atoms with Crippen LogP contribution in [0.4, 0.5) is 0 Å². The molecule has 0 N–H and O–H groups in total. The maximum atomic E-state index is 12.0. The summed E-state index contributed by atoms with van der Waals surface area (Å²) in [6.45, 7) is 11.5. The zero-order chi connectivity index (χ0) is 16.3. The van der Waals surface area contributed by atoms with Gasteiger partial charge < -0.3 is 4.74 Å². The van der Waals surface area contributed by atoms with Crippen molar-refractivity contribution in [3.8, 4) is 0 Å². The van der Waals surface area contributed by atoms with Crippen molar-refractivity contribution >= 4 is 22.7 Å². The van der Waals surface area contributed by atoms with E-state index < -0.39 is 16.6 Å². The zero-order valence-corrected chi connectivity index (χ0v) is 15.0. The molecule has 0 aromatic rings. The van der Waals surface area contributed by atoms with Crippen LogP contribution in [0.1, 0.15) is 73.6 Å². The number of carbonyl (C=O) groups is 1. The Labute approximate surface area is 131 Å². The van der Waals surface area contributed by atoms with E-state index in [1.54, 1.807) is 0 Å². The second-order valence-electron chi connectivity index (χ2n) is 7.75. The number of hydrogen-bond donors (Lipinski definition) is 0. The molecule has 1 unspecified atom stereocenters. The first-order valence-corrected chi connectivity index (χ1v) is 8.78. The van der Waals surface area contributed by atoms with Crippen LogP contribution >= 0.6 is 0 Å². The zero-order valence-electron chi connectivity index (χ0n) is 14.2. The summed E-state index contributed by atoms with van der Waals surface area (Å²) < 4.78 is 21.4. The lowest BCUT2D eigenvalue weighted by Crippen LogP contribution is -2.27. The van der Waals surface area contributed by atoms with Crippen molar-refractivity contribution in [1.29, 1.82) is 0 Å². The third-order valence-electron chi connectivity index (χ3n) is 3.29. The molecule has 0 aromatic carbocycles. The number of rotatable bonds is 3. The van der Waals surface area contributed by atoms with Gasteiger partial charge in [0.05, 0.1) is 4.75 Å². The van der Waals surface area contributed by atoms with E-state index in [1.807, 2.05) is 41.5 Å². The van der Waals surface area contributed by atoms with Crippen LogP contribution in [0.3, 0.4) is 0 Å². The van der Waals surface area contributed by atoms with Gasteiger partial charge in [0.25, 0.3) is 0 Å². The number of hydrogen-bond acceptors (Lipinski definition) is 3. The van der Waals surface area contributed by atoms with Gasteiger partial charge in [0.15, 0.2) is 0 Å². The van der Waals surface area contributed by atoms with Gasteiger partial charge in [-0.05, 0) is 73.1 Å². The molecule has 1 atom stereocenters. The Morgan fingerprint density at radius 3 is 2.14 bits per heavy atom. The molecule has 4 nitrogen and oxygen atoms in total. The van der Waals surface area contributed by atoms with Crippen molar-refractivity contribution in [3.05, 3.63) is 0 Å². The van der Waals surface area contributed by atoms with Gasteiger partial charge in [0.1, 0.15) is 16.6 Å². The number of nitrogens with zero attached hydrogens (tertiary/aromatic N) is 1.